The molecule has 0 bridgehead atoms. The third kappa shape index (κ3) is 6.97. The van der Waals surface area contributed by atoms with Crippen LogP contribution in [-0.4, -0.2) is 39.4 Å². The van der Waals surface area contributed by atoms with E-state index in [2.05, 4.69) is 34.3 Å². The maximum absolute atomic E-state index is 12.7. The number of carbonyl (C=O) groups excluding carboxylic acids is 2. The second kappa shape index (κ2) is 12.9. The molecule has 0 saturated heterocycles. The lowest BCUT2D eigenvalue weighted by Gasteiger charge is -2.16. The van der Waals surface area contributed by atoms with E-state index in [1.54, 1.807) is 13.2 Å². The SMILES string of the molecule is C=CCn1c(SCC(=O)Nc2c(C)cccc2CC)nnc1C(C)NC(=O)Cc1ccc(OC)cc1. The highest BCUT2D eigenvalue weighted by atomic mass is 32.2. The minimum absolute atomic E-state index is 0.112. The average molecular weight is 508 g/mol. The minimum Gasteiger partial charge on any atom is -0.497 e. The van der Waals surface area contributed by atoms with E-state index in [0.29, 0.717) is 17.5 Å². The van der Waals surface area contributed by atoms with E-state index < -0.39 is 0 Å². The maximum atomic E-state index is 12.7. The Morgan fingerprint density at radius 1 is 1.17 bits per heavy atom. The van der Waals surface area contributed by atoms with Gasteiger partial charge >= 0.3 is 0 Å². The van der Waals surface area contributed by atoms with Gasteiger partial charge in [0, 0.05) is 12.2 Å². The van der Waals surface area contributed by atoms with Crippen LogP contribution in [0.15, 0.2) is 60.3 Å². The van der Waals surface area contributed by atoms with Crippen molar-refractivity contribution < 1.29 is 14.3 Å². The summed E-state index contributed by atoms with van der Waals surface area (Å²) in [4.78, 5) is 25.3. The second-order valence-electron chi connectivity index (χ2n) is 8.35. The largest absolute Gasteiger partial charge is 0.497 e. The van der Waals surface area contributed by atoms with Crippen molar-refractivity contribution in [3.8, 4) is 5.75 Å². The topological polar surface area (TPSA) is 98.1 Å². The molecule has 0 aliphatic heterocycles. The summed E-state index contributed by atoms with van der Waals surface area (Å²) in [5, 5.41) is 15.2. The van der Waals surface area contributed by atoms with Crippen molar-refractivity contribution in [3.63, 3.8) is 0 Å². The van der Waals surface area contributed by atoms with Crippen molar-refractivity contribution in [2.24, 2.45) is 0 Å². The molecule has 0 radical (unpaired) electrons. The van der Waals surface area contributed by atoms with Crippen molar-refractivity contribution in [2.75, 3.05) is 18.2 Å². The fraction of sp³-hybridized carbons (Fsp3) is 0.333. The number of allylic oxidation sites excluding steroid dienone is 1. The molecule has 0 aliphatic rings. The fourth-order valence-corrected chi connectivity index (χ4v) is 4.58. The van der Waals surface area contributed by atoms with Crippen LogP contribution in [0.2, 0.25) is 0 Å². The van der Waals surface area contributed by atoms with Crippen LogP contribution in [0, 0.1) is 6.92 Å². The molecule has 0 spiro atoms. The summed E-state index contributed by atoms with van der Waals surface area (Å²) in [6.07, 6.45) is 2.82. The average Bonchev–Trinajstić information content (AvgIpc) is 3.27. The molecule has 1 unspecified atom stereocenters. The number of thioether (sulfide) groups is 1. The zero-order valence-corrected chi connectivity index (χ0v) is 22.0. The summed E-state index contributed by atoms with van der Waals surface area (Å²) >= 11 is 1.30. The number of amides is 2. The third-order valence-corrected chi connectivity index (χ3v) is 6.65. The van der Waals surface area contributed by atoms with E-state index in [1.807, 2.05) is 60.9 Å². The highest BCUT2D eigenvalue weighted by Gasteiger charge is 2.20. The van der Waals surface area contributed by atoms with Gasteiger partial charge in [0.25, 0.3) is 0 Å². The van der Waals surface area contributed by atoms with Crippen LogP contribution in [-0.2, 0) is 29.0 Å². The van der Waals surface area contributed by atoms with Gasteiger partial charge in [-0.15, -0.1) is 16.8 Å². The number of para-hydroxylation sites is 1. The number of carbonyl (C=O) groups is 2. The van der Waals surface area contributed by atoms with Gasteiger partial charge in [-0.1, -0.05) is 55.1 Å². The number of hydrogen-bond acceptors (Lipinski definition) is 6. The third-order valence-electron chi connectivity index (χ3n) is 5.68. The normalized spacial score (nSPS) is 11.6. The first-order valence-electron chi connectivity index (χ1n) is 11.8. The number of methoxy groups -OCH3 is 1. The summed E-state index contributed by atoms with van der Waals surface area (Å²) in [7, 11) is 1.61. The summed E-state index contributed by atoms with van der Waals surface area (Å²) in [5.41, 5.74) is 3.89. The number of benzene rings is 2. The number of aromatic nitrogens is 3. The predicted octanol–water partition coefficient (Wildman–Crippen LogP) is 4.49. The Morgan fingerprint density at radius 3 is 2.58 bits per heavy atom. The quantitative estimate of drug-likeness (QED) is 0.277. The maximum Gasteiger partial charge on any atom is 0.234 e. The Hall–Kier alpha value is -3.59. The number of hydrogen-bond donors (Lipinski definition) is 2. The number of nitrogens with zero attached hydrogens (tertiary/aromatic N) is 3. The highest BCUT2D eigenvalue weighted by molar-refractivity contribution is 7.99. The molecule has 3 aromatic rings. The Balaban J connectivity index is 1.63. The molecule has 2 N–H and O–H groups in total. The van der Waals surface area contributed by atoms with Crippen molar-refractivity contribution in [2.45, 2.75) is 51.4 Å². The zero-order valence-electron chi connectivity index (χ0n) is 21.2. The fourth-order valence-electron chi connectivity index (χ4n) is 3.82. The lowest BCUT2D eigenvalue weighted by Crippen LogP contribution is -2.30. The van der Waals surface area contributed by atoms with Crippen LogP contribution < -0.4 is 15.4 Å². The van der Waals surface area contributed by atoms with E-state index in [0.717, 1.165) is 34.5 Å². The van der Waals surface area contributed by atoms with E-state index in [-0.39, 0.29) is 30.0 Å². The number of anilines is 1. The molecule has 9 heteroatoms. The lowest BCUT2D eigenvalue weighted by molar-refractivity contribution is -0.121. The van der Waals surface area contributed by atoms with Crippen LogP contribution in [0.3, 0.4) is 0 Å². The smallest absolute Gasteiger partial charge is 0.234 e. The first-order valence-corrected chi connectivity index (χ1v) is 12.8. The highest BCUT2D eigenvalue weighted by Crippen LogP contribution is 2.24. The van der Waals surface area contributed by atoms with E-state index in [4.69, 9.17) is 4.74 Å². The van der Waals surface area contributed by atoms with Gasteiger partial charge in [-0.3, -0.25) is 9.59 Å². The van der Waals surface area contributed by atoms with Crippen LogP contribution in [0.1, 0.15) is 42.4 Å². The zero-order chi connectivity index (χ0) is 26.1. The standard InChI is InChI=1S/C27H33N5O3S/c1-6-15-32-26(19(4)28-23(33)16-20-11-13-22(35-5)14-12-20)30-31-27(32)36-17-24(34)29-25-18(3)9-8-10-21(25)7-2/h6,8-14,19H,1,7,15-17H2,2-5H3,(H,28,33)(H,29,34). The molecule has 1 atom stereocenters. The van der Waals surface area contributed by atoms with Crippen molar-refractivity contribution in [3.05, 3.63) is 77.6 Å². The van der Waals surface area contributed by atoms with E-state index in [1.165, 1.54) is 11.8 Å². The summed E-state index contributed by atoms with van der Waals surface area (Å²) in [6, 6.07) is 13.0. The van der Waals surface area contributed by atoms with Crippen molar-refractivity contribution in [1.82, 2.24) is 20.1 Å². The Labute approximate surface area is 216 Å². The van der Waals surface area contributed by atoms with Crippen LogP contribution in [0.4, 0.5) is 5.69 Å². The Bertz CT molecular complexity index is 1210. The molecular formula is C27H33N5O3S. The van der Waals surface area contributed by atoms with E-state index >= 15 is 0 Å². The molecule has 8 nitrogen and oxygen atoms in total. The first kappa shape index (κ1) is 27.0. The van der Waals surface area contributed by atoms with Gasteiger partial charge in [0.2, 0.25) is 11.8 Å². The second-order valence-corrected chi connectivity index (χ2v) is 9.30. The minimum atomic E-state index is -0.370. The van der Waals surface area contributed by atoms with Gasteiger partial charge in [-0.25, -0.2) is 0 Å². The summed E-state index contributed by atoms with van der Waals surface area (Å²) in [5.74, 6) is 1.30. The molecule has 0 aliphatic carbocycles. The number of aryl methyl sites for hydroxylation is 2. The molecule has 2 aromatic carbocycles. The van der Waals surface area contributed by atoms with Crippen LogP contribution in [0.5, 0.6) is 5.75 Å². The number of nitrogens with one attached hydrogen (secondary N) is 2. The Kier molecular flexibility index (Phi) is 9.69. The first-order chi connectivity index (χ1) is 17.4. The Morgan fingerprint density at radius 2 is 1.92 bits per heavy atom. The molecule has 190 valence electrons. The number of rotatable bonds is 12. The number of ether oxygens (including phenoxy) is 1. The summed E-state index contributed by atoms with van der Waals surface area (Å²) < 4.78 is 7.03. The molecular weight excluding hydrogens is 474 g/mol. The predicted molar refractivity (Wildman–Crippen MR) is 143 cm³/mol. The van der Waals surface area contributed by atoms with Gasteiger partial charge < -0.3 is 19.9 Å². The van der Waals surface area contributed by atoms with Gasteiger partial charge in [-0.2, -0.15) is 0 Å². The molecule has 0 saturated carbocycles. The van der Waals surface area contributed by atoms with Gasteiger partial charge in [-0.05, 0) is 49.1 Å². The monoisotopic (exact) mass is 507 g/mol. The van der Waals surface area contributed by atoms with Gasteiger partial charge in [0.05, 0.1) is 25.3 Å². The molecule has 2 amide bonds. The van der Waals surface area contributed by atoms with Crippen LogP contribution in [0.25, 0.3) is 0 Å². The van der Waals surface area contributed by atoms with Crippen LogP contribution >= 0.6 is 11.8 Å². The molecule has 3 rings (SSSR count). The molecule has 1 heterocycles. The lowest BCUT2D eigenvalue weighted by atomic mass is 10.1. The van der Waals surface area contributed by atoms with Gasteiger partial charge in [0.15, 0.2) is 11.0 Å². The molecule has 1 aromatic heterocycles. The molecule has 36 heavy (non-hydrogen) atoms. The summed E-state index contributed by atoms with van der Waals surface area (Å²) in [6.45, 7) is 10.2. The van der Waals surface area contributed by atoms with Crippen molar-refractivity contribution >= 4 is 29.3 Å². The molecule has 0 fully saturated rings. The van der Waals surface area contributed by atoms with Crippen molar-refractivity contribution in [1.29, 1.82) is 0 Å². The van der Waals surface area contributed by atoms with E-state index in [9.17, 15) is 9.59 Å². The van der Waals surface area contributed by atoms with Gasteiger partial charge in [0.1, 0.15) is 5.75 Å².